The van der Waals surface area contributed by atoms with Crippen LogP contribution in [0.25, 0.3) is 11.0 Å². The monoisotopic (exact) mass is 511 g/mol. The number of hydrogen-bond donors (Lipinski definition) is 3. The van der Waals surface area contributed by atoms with Gasteiger partial charge in [0.25, 0.3) is 0 Å². The van der Waals surface area contributed by atoms with Crippen molar-refractivity contribution in [1.29, 1.82) is 0 Å². The van der Waals surface area contributed by atoms with Gasteiger partial charge in [-0.2, -0.15) is 0 Å². The summed E-state index contributed by atoms with van der Waals surface area (Å²) in [5, 5.41) is 13.8. The average Bonchev–Trinajstić information content (AvgIpc) is 3.30. The largest absolute Gasteiger partial charge is 0.457 e. The summed E-state index contributed by atoms with van der Waals surface area (Å²) in [6.45, 7) is 0.475. The molecule has 4 aromatic rings. The molecule has 1 aliphatic rings. The molecule has 1 fully saturated rings. The summed E-state index contributed by atoms with van der Waals surface area (Å²) in [4.78, 5) is 21.1. The number of aliphatic hydroxyl groups is 1. The average molecular weight is 512 g/mol. The second kappa shape index (κ2) is 10.3. The fraction of sp³-hybridized carbons (Fsp3) is 0.231. The number of halogens is 2. The van der Waals surface area contributed by atoms with E-state index < -0.39 is 0 Å². The summed E-state index contributed by atoms with van der Waals surface area (Å²) in [7, 11) is 0. The minimum absolute atomic E-state index is 0.0133. The molecule has 7 nitrogen and oxygen atoms in total. The molecule has 9 heteroatoms. The van der Waals surface area contributed by atoms with E-state index in [9.17, 15) is 9.90 Å². The summed E-state index contributed by atoms with van der Waals surface area (Å²) in [6, 6.07) is 14.3. The smallest absolute Gasteiger partial charge is 0.198 e. The number of para-hydroxylation sites is 1. The summed E-state index contributed by atoms with van der Waals surface area (Å²) in [6.07, 6.45) is 4.75. The molecule has 3 N–H and O–H groups in total. The number of carbonyl (C=O) groups is 1. The van der Waals surface area contributed by atoms with Crippen LogP contribution in [-0.2, 0) is 4.74 Å². The third-order valence-electron chi connectivity index (χ3n) is 5.97. The van der Waals surface area contributed by atoms with Crippen molar-refractivity contribution in [3.8, 4) is 11.5 Å². The Morgan fingerprint density at radius 3 is 2.60 bits per heavy atom. The molecule has 2 aromatic heterocycles. The molecule has 1 saturated heterocycles. The van der Waals surface area contributed by atoms with E-state index in [4.69, 9.17) is 32.7 Å². The Morgan fingerprint density at radius 1 is 1.14 bits per heavy atom. The molecular formula is C26H23Cl2N3O4. The van der Waals surface area contributed by atoms with Crippen LogP contribution < -0.4 is 10.1 Å². The maximum atomic E-state index is 13.6. The Balaban J connectivity index is 1.44. The van der Waals surface area contributed by atoms with Crippen LogP contribution in [0, 0.1) is 0 Å². The second-order valence-electron chi connectivity index (χ2n) is 8.35. The number of ether oxygens (including phenoxy) is 2. The van der Waals surface area contributed by atoms with E-state index >= 15 is 0 Å². The fourth-order valence-corrected chi connectivity index (χ4v) is 4.86. The lowest BCUT2D eigenvalue weighted by atomic mass is 10.0. The Morgan fingerprint density at radius 2 is 1.91 bits per heavy atom. The first kappa shape index (κ1) is 23.6. The quantitative estimate of drug-likeness (QED) is 0.269. The third kappa shape index (κ3) is 4.99. The number of carbonyl (C=O) groups excluding carboxylic acids is 1. The van der Waals surface area contributed by atoms with Gasteiger partial charge in [-0.1, -0.05) is 41.4 Å². The standard InChI is InChI=1S/C26H23Cl2N3O4/c27-20-10-18(35-16-4-2-1-3-5-16)11-21(28)24(20)25(33)19-12-30-26-23(19)22(8-9-29-26)31-15-6-7-17(13-32)34-14-15/h1-5,8-12,15,17,32H,6-7,13-14H2,(H2,29,30,31)/t15-,17+/m1/s1. The van der Waals surface area contributed by atoms with Crippen molar-refractivity contribution in [2.24, 2.45) is 0 Å². The third-order valence-corrected chi connectivity index (χ3v) is 6.57. The number of anilines is 1. The van der Waals surface area contributed by atoms with E-state index in [0.717, 1.165) is 18.5 Å². The topological polar surface area (TPSA) is 96.5 Å². The number of benzene rings is 2. The first-order valence-corrected chi connectivity index (χ1v) is 12.0. The molecule has 0 saturated carbocycles. The fourth-order valence-electron chi connectivity index (χ4n) is 4.22. The van der Waals surface area contributed by atoms with Crippen LogP contribution in [0.3, 0.4) is 0 Å². The molecule has 5 rings (SSSR count). The second-order valence-corrected chi connectivity index (χ2v) is 9.16. The van der Waals surface area contributed by atoms with Gasteiger partial charge in [-0.3, -0.25) is 4.79 Å². The first-order chi connectivity index (χ1) is 17.0. The van der Waals surface area contributed by atoms with E-state index in [-0.39, 0.29) is 40.1 Å². The van der Waals surface area contributed by atoms with Gasteiger partial charge < -0.3 is 24.9 Å². The van der Waals surface area contributed by atoms with Crippen molar-refractivity contribution in [3.63, 3.8) is 0 Å². The Kier molecular flexibility index (Phi) is 6.92. The van der Waals surface area contributed by atoms with E-state index in [2.05, 4.69) is 15.3 Å². The van der Waals surface area contributed by atoms with Crippen molar-refractivity contribution in [3.05, 3.63) is 82.1 Å². The van der Waals surface area contributed by atoms with Gasteiger partial charge in [-0.15, -0.1) is 0 Å². The van der Waals surface area contributed by atoms with E-state index in [1.165, 1.54) is 0 Å². The molecular weight excluding hydrogens is 489 g/mol. The van der Waals surface area contributed by atoms with Gasteiger partial charge in [0.15, 0.2) is 5.78 Å². The zero-order chi connectivity index (χ0) is 24.4. The number of nitrogens with one attached hydrogen (secondary N) is 2. The molecule has 0 bridgehead atoms. The number of aromatic nitrogens is 2. The maximum Gasteiger partial charge on any atom is 0.198 e. The van der Waals surface area contributed by atoms with Crippen LogP contribution in [0.5, 0.6) is 11.5 Å². The SMILES string of the molecule is O=C(c1c(Cl)cc(Oc2ccccc2)cc1Cl)c1c[nH]c2nccc(N[C@@H]3CC[C@@H](CO)OC3)c12. The molecule has 2 aromatic carbocycles. The van der Waals surface area contributed by atoms with Gasteiger partial charge in [-0.25, -0.2) is 4.98 Å². The van der Waals surface area contributed by atoms with E-state index in [1.807, 2.05) is 36.4 Å². The molecule has 0 amide bonds. The lowest BCUT2D eigenvalue weighted by Gasteiger charge is -2.29. The van der Waals surface area contributed by atoms with Crippen molar-refractivity contribution < 1.29 is 19.4 Å². The van der Waals surface area contributed by atoms with E-state index in [1.54, 1.807) is 24.5 Å². The molecule has 0 radical (unpaired) electrons. The predicted octanol–water partition coefficient (Wildman–Crippen LogP) is 5.84. The van der Waals surface area contributed by atoms with Crippen molar-refractivity contribution >= 4 is 45.7 Å². The maximum absolute atomic E-state index is 13.6. The number of rotatable bonds is 7. The molecule has 35 heavy (non-hydrogen) atoms. The molecule has 0 aliphatic carbocycles. The zero-order valence-electron chi connectivity index (χ0n) is 18.6. The molecule has 0 unspecified atom stereocenters. The van der Waals surface area contributed by atoms with Crippen LogP contribution in [0.1, 0.15) is 28.8 Å². The number of hydrogen-bond acceptors (Lipinski definition) is 6. The first-order valence-electron chi connectivity index (χ1n) is 11.2. The molecule has 1 aliphatic heterocycles. The van der Waals surface area contributed by atoms with Crippen LogP contribution in [0.15, 0.2) is 60.9 Å². The minimum Gasteiger partial charge on any atom is -0.457 e. The van der Waals surface area contributed by atoms with Crippen molar-refractivity contribution in [1.82, 2.24) is 9.97 Å². The number of nitrogens with zero attached hydrogens (tertiary/aromatic N) is 1. The molecule has 2 atom stereocenters. The summed E-state index contributed by atoms with van der Waals surface area (Å²) in [5.74, 6) is 0.743. The number of aromatic amines is 1. The van der Waals surface area contributed by atoms with Gasteiger partial charge in [0, 0.05) is 36.3 Å². The van der Waals surface area contributed by atoms with Crippen LogP contribution in [0.2, 0.25) is 10.0 Å². The highest BCUT2D eigenvalue weighted by Crippen LogP contribution is 2.36. The number of H-pyrrole nitrogens is 1. The highest BCUT2D eigenvalue weighted by atomic mass is 35.5. The van der Waals surface area contributed by atoms with Crippen LogP contribution in [0.4, 0.5) is 5.69 Å². The van der Waals surface area contributed by atoms with Gasteiger partial charge in [0.05, 0.1) is 45.9 Å². The van der Waals surface area contributed by atoms with Crippen molar-refractivity contribution in [2.75, 3.05) is 18.5 Å². The number of aliphatic hydroxyl groups excluding tert-OH is 1. The lowest BCUT2D eigenvalue weighted by molar-refractivity contribution is -0.0223. The minimum atomic E-state index is -0.325. The highest BCUT2D eigenvalue weighted by Gasteiger charge is 2.25. The normalized spacial score (nSPS) is 17.9. The van der Waals surface area contributed by atoms with Crippen LogP contribution in [-0.4, -0.2) is 46.2 Å². The zero-order valence-corrected chi connectivity index (χ0v) is 20.1. The Hall–Kier alpha value is -3.10. The summed E-state index contributed by atoms with van der Waals surface area (Å²) >= 11 is 13.0. The molecule has 3 heterocycles. The number of pyridine rings is 1. The van der Waals surface area contributed by atoms with E-state index in [0.29, 0.717) is 34.7 Å². The summed E-state index contributed by atoms with van der Waals surface area (Å²) in [5.41, 5.74) is 1.92. The Labute approximate surface area is 212 Å². The number of ketones is 1. The van der Waals surface area contributed by atoms with Gasteiger partial charge in [0.1, 0.15) is 17.1 Å². The van der Waals surface area contributed by atoms with Gasteiger partial charge in [-0.05, 0) is 31.0 Å². The van der Waals surface area contributed by atoms with Crippen LogP contribution >= 0.6 is 23.2 Å². The lowest BCUT2D eigenvalue weighted by Crippen LogP contribution is -2.36. The predicted molar refractivity (Wildman–Crippen MR) is 136 cm³/mol. The van der Waals surface area contributed by atoms with Gasteiger partial charge in [0.2, 0.25) is 0 Å². The Bertz CT molecular complexity index is 1330. The highest BCUT2D eigenvalue weighted by molar-refractivity contribution is 6.42. The molecule has 0 spiro atoms. The van der Waals surface area contributed by atoms with Crippen molar-refractivity contribution in [2.45, 2.75) is 25.0 Å². The van der Waals surface area contributed by atoms with Gasteiger partial charge >= 0.3 is 0 Å². The molecule has 180 valence electrons. The summed E-state index contributed by atoms with van der Waals surface area (Å²) < 4.78 is 11.5. The number of fused-ring (bicyclic) bond motifs is 1.